The highest BCUT2D eigenvalue weighted by atomic mass is 19.2. The summed E-state index contributed by atoms with van der Waals surface area (Å²) >= 11 is 0. The summed E-state index contributed by atoms with van der Waals surface area (Å²) in [6, 6.07) is 3.49. The SMILES string of the molecule is CCC(C)(C)Nc1c(NCc2ccc(F)c(F)c2)c(=O)c1=O. The summed E-state index contributed by atoms with van der Waals surface area (Å²) in [5, 5.41) is 5.86. The minimum absolute atomic E-state index is 0.128. The van der Waals surface area contributed by atoms with Gasteiger partial charge in [-0.25, -0.2) is 8.78 Å². The van der Waals surface area contributed by atoms with E-state index in [0.29, 0.717) is 5.56 Å². The van der Waals surface area contributed by atoms with Crippen molar-refractivity contribution in [3.8, 4) is 0 Å². The molecule has 2 aromatic carbocycles. The molecular weight excluding hydrogens is 290 g/mol. The minimum atomic E-state index is -0.949. The Labute approximate surface area is 126 Å². The molecule has 0 aliphatic heterocycles. The molecule has 0 aliphatic carbocycles. The number of hydrogen-bond donors (Lipinski definition) is 2. The van der Waals surface area contributed by atoms with Gasteiger partial charge in [-0.3, -0.25) is 9.59 Å². The largest absolute Gasteiger partial charge is 0.376 e. The molecule has 22 heavy (non-hydrogen) atoms. The highest BCUT2D eigenvalue weighted by Crippen LogP contribution is 2.22. The molecule has 2 rings (SSSR count). The Balaban J connectivity index is 2.14. The number of hydrogen-bond acceptors (Lipinski definition) is 4. The molecule has 0 radical (unpaired) electrons. The Morgan fingerprint density at radius 3 is 2.27 bits per heavy atom. The topological polar surface area (TPSA) is 58.2 Å². The van der Waals surface area contributed by atoms with Gasteiger partial charge >= 0.3 is 0 Å². The van der Waals surface area contributed by atoms with Gasteiger partial charge in [-0.1, -0.05) is 13.0 Å². The normalized spacial score (nSPS) is 11.7. The van der Waals surface area contributed by atoms with Crippen LogP contribution in [0.15, 0.2) is 27.8 Å². The molecule has 2 N–H and O–H groups in total. The predicted molar refractivity (Wildman–Crippen MR) is 83.0 cm³/mol. The van der Waals surface area contributed by atoms with Crippen LogP contribution in [0, 0.1) is 11.6 Å². The van der Waals surface area contributed by atoms with E-state index >= 15 is 0 Å². The van der Waals surface area contributed by atoms with Gasteiger partial charge in [0.25, 0.3) is 10.9 Å². The smallest absolute Gasteiger partial charge is 0.253 e. The van der Waals surface area contributed by atoms with Crippen LogP contribution in [0.1, 0.15) is 32.8 Å². The highest BCUT2D eigenvalue weighted by Gasteiger charge is 2.25. The average Bonchev–Trinajstić information content (AvgIpc) is 2.49. The van der Waals surface area contributed by atoms with Crippen molar-refractivity contribution in [2.24, 2.45) is 0 Å². The van der Waals surface area contributed by atoms with E-state index < -0.39 is 22.5 Å². The number of benzene rings is 1. The third-order valence-electron chi connectivity index (χ3n) is 3.71. The van der Waals surface area contributed by atoms with E-state index in [-0.39, 0.29) is 23.5 Å². The Hall–Kier alpha value is -2.24. The summed E-state index contributed by atoms with van der Waals surface area (Å²) in [5.74, 6) is -1.88. The zero-order chi connectivity index (χ0) is 16.5. The van der Waals surface area contributed by atoms with Crippen molar-refractivity contribution in [1.29, 1.82) is 0 Å². The molecule has 0 saturated carbocycles. The fourth-order valence-corrected chi connectivity index (χ4v) is 1.95. The zero-order valence-electron chi connectivity index (χ0n) is 12.7. The van der Waals surface area contributed by atoms with Gasteiger partial charge in [0.15, 0.2) is 11.6 Å². The summed E-state index contributed by atoms with van der Waals surface area (Å²) in [7, 11) is 0. The highest BCUT2D eigenvalue weighted by molar-refractivity contribution is 5.74. The van der Waals surface area contributed by atoms with Crippen molar-refractivity contribution < 1.29 is 8.78 Å². The van der Waals surface area contributed by atoms with Gasteiger partial charge in [-0.2, -0.15) is 0 Å². The fourth-order valence-electron chi connectivity index (χ4n) is 1.95. The molecule has 0 saturated heterocycles. The standard InChI is InChI=1S/C16H18F2N2O2/c1-4-16(2,3)20-13-12(14(21)15(13)22)19-8-9-5-6-10(17)11(18)7-9/h5-7,19-20H,4,8H2,1-3H3. The zero-order valence-corrected chi connectivity index (χ0v) is 12.7. The Kier molecular flexibility index (Phi) is 4.30. The van der Waals surface area contributed by atoms with E-state index in [1.807, 2.05) is 20.8 Å². The number of halogens is 2. The van der Waals surface area contributed by atoms with E-state index in [1.54, 1.807) is 0 Å². The van der Waals surface area contributed by atoms with Crippen LogP contribution in [0.25, 0.3) is 0 Å². The maximum atomic E-state index is 13.1. The molecule has 0 amide bonds. The molecule has 0 heterocycles. The maximum Gasteiger partial charge on any atom is 0.253 e. The lowest BCUT2D eigenvalue weighted by molar-refractivity contribution is 0.507. The number of rotatable bonds is 6. The fraction of sp³-hybridized carbons (Fsp3) is 0.375. The van der Waals surface area contributed by atoms with Crippen LogP contribution in [0.4, 0.5) is 20.2 Å². The van der Waals surface area contributed by atoms with Crippen molar-refractivity contribution in [1.82, 2.24) is 0 Å². The molecule has 6 heteroatoms. The van der Waals surface area contributed by atoms with E-state index in [4.69, 9.17) is 0 Å². The lowest BCUT2D eigenvalue weighted by atomic mass is 10.00. The molecule has 4 nitrogen and oxygen atoms in total. The second-order valence-electron chi connectivity index (χ2n) is 5.87. The minimum Gasteiger partial charge on any atom is -0.376 e. The van der Waals surface area contributed by atoms with Crippen LogP contribution < -0.4 is 21.5 Å². The lowest BCUT2D eigenvalue weighted by Crippen LogP contribution is -2.42. The summed E-state index contributed by atoms with van der Waals surface area (Å²) in [6.07, 6.45) is 0.772. The second kappa shape index (κ2) is 5.87. The van der Waals surface area contributed by atoms with Crippen molar-refractivity contribution in [2.75, 3.05) is 10.6 Å². The lowest BCUT2D eigenvalue weighted by Gasteiger charge is -2.27. The maximum absolute atomic E-state index is 13.1. The molecule has 2 aromatic rings. The first-order valence-corrected chi connectivity index (χ1v) is 7.04. The van der Waals surface area contributed by atoms with E-state index in [1.165, 1.54) is 6.07 Å². The molecule has 0 fully saturated rings. The van der Waals surface area contributed by atoms with E-state index in [0.717, 1.165) is 18.6 Å². The van der Waals surface area contributed by atoms with E-state index in [9.17, 15) is 18.4 Å². The predicted octanol–water partition coefficient (Wildman–Crippen LogP) is 2.77. The van der Waals surface area contributed by atoms with Gasteiger partial charge in [0, 0.05) is 12.1 Å². The molecule has 0 spiro atoms. The Bertz CT molecular complexity index is 762. The van der Waals surface area contributed by atoms with Gasteiger partial charge in [0.2, 0.25) is 0 Å². The molecule has 0 unspecified atom stereocenters. The first kappa shape index (κ1) is 16.1. The molecular formula is C16H18F2N2O2. The molecule has 0 atom stereocenters. The van der Waals surface area contributed by atoms with Crippen LogP contribution in [-0.2, 0) is 6.54 Å². The van der Waals surface area contributed by atoms with Gasteiger partial charge in [0.05, 0.1) is 0 Å². The van der Waals surface area contributed by atoms with Gasteiger partial charge in [0.1, 0.15) is 11.4 Å². The van der Waals surface area contributed by atoms with Crippen molar-refractivity contribution >= 4 is 11.4 Å². The monoisotopic (exact) mass is 308 g/mol. The van der Waals surface area contributed by atoms with Crippen molar-refractivity contribution in [2.45, 2.75) is 39.3 Å². The van der Waals surface area contributed by atoms with Gasteiger partial charge in [-0.05, 0) is 38.0 Å². The molecule has 0 aliphatic rings. The van der Waals surface area contributed by atoms with Crippen LogP contribution in [0.5, 0.6) is 0 Å². The van der Waals surface area contributed by atoms with Crippen molar-refractivity contribution in [3.63, 3.8) is 0 Å². The molecule has 0 bridgehead atoms. The average molecular weight is 308 g/mol. The Morgan fingerprint density at radius 1 is 1.05 bits per heavy atom. The third kappa shape index (κ3) is 3.16. The molecule has 0 aromatic heterocycles. The summed E-state index contributed by atoms with van der Waals surface area (Å²) in [5.41, 5.74) is -0.560. The second-order valence-corrected chi connectivity index (χ2v) is 5.87. The van der Waals surface area contributed by atoms with Gasteiger partial charge in [-0.15, -0.1) is 0 Å². The quantitative estimate of drug-likeness (QED) is 0.806. The summed E-state index contributed by atoms with van der Waals surface area (Å²) in [4.78, 5) is 23.3. The third-order valence-corrected chi connectivity index (χ3v) is 3.71. The van der Waals surface area contributed by atoms with Gasteiger partial charge < -0.3 is 10.6 Å². The van der Waals surface area contributed by atoms with Crippen LogP contribution in [0.2, 0.25) is 0 Å². The van der Waals surface area contributed by atoms with Crippen LogP contribution in [-0.4, -0.2) is 5.54 Å². The first-order chi connectivity index (χ1) is 10.2. The van der Waals surface area contributed by atoms with E-state index in [2.05, 4.69) is 10.6 Å². The number of nitrogens with one attached hydrogen (secondary N) is 2. The number of anilines is 2. The Morgan fingerprint density at radius 2 is 1.68 bits per heavy atom. The molecule has 118 valence electrons. The summed E-state index contributed by atoms with van der Waals surface area (Å²) in [6.45, 7) is 5.93. The van der Waals surface area contributed by atoms with Crippen molar-refractivity contribution in [3.05, 3.63) is 55.8 Å². The summed E-state index contributed by atoms with van der Waals surface area (Å²) < 4.78 is 26.0. The first-order valence-electron chi connectivity index (χ1n) is 7.04. The van der Waals surface area contributed by atoms with Crippen LogP contribution in [0.3, 0.4) is 0 Å². The van der Waals surface area contributed by atoms with Crippen LogP contribution >= 0.6 is 0 Å².